The number of nitrogens with two attached hydrogens (primary N) is 1. The second kappa shape index (κ2) is 6.82. The highest BCUT2D eigenvalue weighted by Gasteiger charge is 2.12. The van der Waals surface area contributed by atoms with Gasteiger partial charge in [-0.2, -0.15) is 10.2 Å². The molecule has 1 amide bonds. The van der Waals surface area contributed by atoms with Crippen molar-refractivity contribution in [1.82, 2.24) is 15.2 Å². The summed E-state index contributed by atoms with van der Waals surface area (Å²) >= 11 is 0. The minimum Gasteiger partial charge on any atom is -0.485 e. The molecule has 24 heavy (non-hydrogen) atoms. The van der Waals surface area contributed by atoms with E-state index in [1.807, 2.05) is 0 Å². The number of rotatable bonds is 5. The van der Waals surface area contributed by atoms with Crippen LogP contribution in [-0.2, 0) is 6.61 Å². The second-order valence-electron chi connectivity index (χ2n) is 4.94. The Balaban J connectivity index is 1.95. The predicted molar refractivity (Wildman–Crippen MR) is 84.5 cm³/mol. The monoisotopic (exact) mass is 324 g/mol. The molecule has 2 aromatic heterocycles. The van der Waals surface area contributed by atoms with Crippen molar-refractivity contribution < 1.29 is 13.9 Å². The first-order valence-electron chi connectivity index (χ1n) is 7.08. The average molecular weight is 324 g/mol. The molecule has 2 heterocycles. The fraction of sp³-hybridized carbons (Fsp3) is 0.0588. The fourth-order valence-corrected chi connectivity index (χ4v) is 2.11. The molecule has 0 spiro atoms. The van der Waals surface area contributed by atoms with Crippen LogP contribution >= 0.6 is 0 Å². The summed E-state index contributed by atoms with van der Waals surface area (Å²) in [5.41, 5.74) is 7.28. The molecule has 3 rings (SSSR count). The van der Waals surface area contributed by atoms with Crippen LogP contribution in [0.1, 0.15) is 16.2 Å². The van der Waals surface area contributed by atoms with Crippen LogP contribution in [0.15, 0.2) is 54.9 Å². The van der Waals surface area contributed by atoms with Crippen molar-refractivity contribution in [2.24, 2.45) is 5.73 Å². The third-order valence-electron chi connectivity index (χ3n) is 3.28. The van der Waals surface area contributed by atoms with E-state index in [-0.39, 0.29) is 18.1 Å². The van der Waals surface area contributed by atoms with Gasteiger partial charge in [0.05, 0.1) is 6.20 Å². The van der Waals surface area contributed by atoms with Crippen LogP contribution in [0, 0.1) is 5.82 Å². The Morgan fingerprint density at radius 3 is 2.67 bits per heavy atom. The molecule has 0 aliphatic heterocycles. The number of primary amides is 1. The van der Waals surface area contributed by atoms with E-state index < -0.39 is 5.91 Å². The summed E-state index contributed by atoms with van der Waals surface area (Å²) in [5.74, 6) is -0.582. The Morgan fingerprint density at radius 1 is 1.21 bits per heavy atom. The highest BCUT2D eigenvalue weighted by molar-refractivity contribution is 5.92. The highest BCUT2D eigenvalue weighted by Crippen LogP contribution is 2.30. The summed E-state index contributed by atoms with van der Waals surface area (Å²) in [4.78, 5) is 15.4. The molecule has 6 nitrogen and oxygen atoms in total. The summed E-state index contributed by atoms with van der Waals surface area (Å²) in [6, 6.07) is 10.9. The van der Waals surface area contributed by atoms with Crippen LogP contribution in [-0.4, -0.2) is 21.1 Å². The second-order valence-corrected chi connectivity index (χ2v) is 4.94. The molecule has 0 aliphatic carbocycles. The van der Waals surface area contributed by atoms with Crippen molar-refractivity contribution >= 4 is 5.91 Å². The molecule has 0 bridgehead atoms. The lowest BCUT2D eigenvalue weighted by Gasteiger charge is -2.12. The lowest BCUT2D eigenvalue weighted by atomic mass is 10.0. The van der Waals surface area contributed by atoms with Crippen molar-refractivity contribution in [3.63, 3.8) is 0 Å². The molecule has 1 aromatic carbocycles. The maximum absolute atomic E-state index is 13.1. The maximum Gasteiger partial charge on any atom is 0.267 e. The molecular weight excluding hydrogens is 311 g/mol. The first-order valence-corrected chi connectivity index (χ1v) is 7.08. The minimum atomic E-state index is -0.654. The maximum atomic E-state index is 13.1. The number of pyridine rings is 1. The lowest BCUT2D eigenvalue weighted by Crippen LogP contribution is -2.13. The largest absolute Gasteiger partial charge is 0.485 e. The third-order valence-corrected chi connectivity index (χ3v) is 3.28. The molecule has 120 valence electrons. The van der Waals surface area contributed by atoms with E-state index in [9.17, 15) is 9.18 Å². The standard InChI is InChI=1S/C17H13FN4O2/c18-12-5-3-11(4-6-12)14-8-15(17(19)23)20-9-16(14)24-10-13-2-1-7-21-22-13/h1-9H,10H2,(H2,19,23). The number of aromatic nitrogens is 3. The zero-order chi connectivity index (χ0) is 16.9. The highest BCUT2D eigenvalue weighted by atomic mass is 19.1. The number of amides is 1. The van der Waals surface area contributed by atoms with Crippen molar-refractivity contribution in [2.75, 3.05) is 0 Å². The quantitative estimate of drug-likeness (QED) is 0.778. The molecule has 7 heteroatoms. The number of halogens is 1. The Labute approximate surface area is 137 Å². The molecule has 0 saturated heterocycles. The fourth-order valence-electron chi connectivity index (χ4n) is 2.11. The van der Waals surface area contributed by atoms with Crippen molar-refractivity contribution in [3.8, 4) is 16.9 Å². The van der Waals surface area contributed by atoms with Crippen molar-refractivity contribution in [3.05, 3.63) is 72.1 Å². The van der Waals surface area contributed by atoms with E-state index in [0.29, 0.717) is 22.6 Å². The molecule has 0 atom stereocenters. The summed E-state index contributed by atoms with van der Waals surface area (Å²) in [6.07, 6.45) is 2.98. The van der Waals surface area contributed by atoms with E-state index in [1.165, 1.54) is 24.4 Å². The zero-order valence-corrected chi connectivity index (χ0v) is 12.5. The number of hydrogen-bond acceptors (Lipinski definition) is 5. The summed E-state index contributed by atoms with van der Waals surface area (Å²) in [6.45, 7) is 0.180. The van der Waals surface area contributed by atoms with E-state index in [4.69, 9.17) is 10.5 Å². The summed E-state index contributed by atoms with van der Waals surface area (Å²) < 4.78 is 18.9. The normalized spacial score (nSPS) is 10.4. The van der Waals surface area contributed by atoms with Crippen molar-refractivity contribution in [2.45, 2.75) is 6.61 Å². The third kappa shape index (κ3) is 3.52. The van der Waals surface area contributed by atoms with Crippen LogP contribution in [0.3, 0.4) is 0 Å². The molecule has 2 N–H and O–H groups in total. The van der Waals surface area contributed by atoms with Crippen LogP contribution in [0.25, 0.3) is 11.1 Å². The van der Waals surface area contributed by atoms with Gasteiger partial charge in [-0.15, -0.1) is 0 Å². The SMILES string of the molecule is NC(=O)c1cc(-c2ccc(F)cc2)c(OCc2cccnn2)cn1. The van der Waals surface area contributed by atoms with E-state index in [1.54, 1.807) is 30.5 Å². The van der Waals surface area contributed by atoms with Gasteiger partial charge in [0.25, 0.3) is 5.91 Å². The topological polar surface area (TPSA) is 91.0 Å². The number of nitrogens with zero attached hydrogens (tertiary/aromatic N) is 3. The number of carbonyl (C=O) groups excluding carboxylic acids is 1. The van der Waals surface area contributed by atoms with Crippen LogP contribution in [0.4, 0.5) is 4.39 Å². The van der Waals surface area contributed by atoms with Crippen LogP contribution in [0.2, 0.25) is 0 Å². The number of benzene rings is 1. The first kappa shape index (κ1) is 15.5. The van der Waals surface area contributed by atoms with Gasteiger partial charge in [-0.3, -0.25) is 4.79 Å². The summed E-state index contributed by atoms with van der Waals surface area (Å²) in [7, 11) is 0. The van der Waals surface area contributed by atoms with Crippen LogP contribution < -0.4 is 10.5 Å². The molecule has 0 saturated carbocycles. The van der Waals surface area contributed by atoms with Gasteiger partial charge in [-0.05, 0) is 35.9 Å². The molecule has 0 unspecified atom stereocenters. The molecule has 0 fully saturated rings. The van der Waals surface area contributed by atoms with Gasteiger partial charge in [0.15, 0.2) is 0 Å². The van der Waals surface area contributed by atoms with E-state index >= 15 is 0 Å². The Bertz CT molecular complexity index is 854. The average Bonchev–Trinajstić information content (AvgIpc) is 2.61. The van der Waals surface area contributed by atoms with E-state index in [2.05, 4.69) is 15.2 Å². The number of ether oxygens (including phenoxy) is 1. The van der Waals surface area contributed by atoms with Gasteiger partial charge in [-0.1, -0.05) is 12.1 Å². The van der Waals surface area contributed by atoms with Crippen molar-refractivity contribution in [1.29, 1.82) is 0 Å². The van der Waals surface area contributed by atoms with Gasteiger partial charge >= 0.3 is 0 Å². The van der Waals surface area contributed by atoms with Gasteiger partial charge < -0.3 is 10.5 Å². The predicted octanol–water partition coefficient (Wildman–Crippen LogP) is 2.36. The first-order chi connectivity index (χ1) is 11.6. The van der Waals surface area contributed by atoms with Gasteiger partial charge in [0.1, 0.15) is 29.6 Å². The zero-order valence-electron chi connectivity index (χ0n) is 12.5. The molecule has 0 aliphatic rings. The number of hydrogen-bond donors (Lipinski definition) is 1. The molecule has 0 radical (unpaired) electrons. The van der Waals surface area contributed by atoms with Crippen LogP contribution in [0.5, 0.6) is 5.75 Å². The van der Waals surface area contributed by atoms with Gasteiger partial charge in [0, 0.05) is 11.8 Å². The Morgan fingerprint density at radius 2 is 2.00 bits per heavy atom. The Kier molecular flexibility index (Phi) is 4.42. The smallest absolute Gasteiger partial charge is 0.267 e. The molecular formula is C17H13FN4O2. The molecule has 3 aromatic rings. The van der Waals surface area contributed by atoms with Gasteiger partial charge in [-0.25, -0.2) is 9.37 Å². The Hall–Kier alpha value is -3.35. The lowest BCUT2D eigenvalue weighted by molar-refractivity contribution is 0.0995. The van der Waals surface area contributed by atoms with E-state index in [0.717, 1.165) is 0 Å². The minimum absolute atomic E-state index is 0.0983. The summed E-state index contributed by atoms with van der Waals surface area (Å²) in [5, 5.41) is 7.71. The van der Waals surface area contributed by atoms with Gasteiger partial charge in [0.2, 0.25) is 0 Å². The number of carbonyl (C=O) groups is 1.